The van der Waals surface area contributed by atoms with Crippen molar-refractivity contribution in [3.63, 3.8) is 0 Å². The number of aromatic nitrogens is 1. The van der Waals surface area contributed by atoms with Crippen LogP contribution in [0.5, 0.6) is 11.5 Å². The van der Waals surface area contributed by atoms with Crippen LogP contribution < -0.4 is 14.8 Å². The lowest BCUT2D eigenvalue weighted by molar-refractivity contribution is -0.142. The Morgan fingerprint density at radius 2 is 1.87 bits per heavy atom. The van der Waals surface area contributed by atoms with E-state index >= 15 is 0 Å². The van der Waals surface area contributed by atoms with Gasteiger partial charge in [-0.15, -0.1) is 11.3 Å². The van der Waals surface area contributed by atoms with Crippen LogP contribution in [0.15, 0.2) is 47.8 Å². The molecule has 3 aromatic rings. The standard InChI is InChI=1S/C22H22N2O5S/c1-14-9-19(29-12-21(25)27-3)7-8-20(14)24-22(26)16-5-4-6-18(10-16)28-11-17-13-30-15(2)23-17/h4-10,13H,11-12H2,1-3H3,(H,24,26). The molecule has 1 amide bonds. The van der Waals surface area contributed by atoms with E-state index in [2.05, 4.69) is 15.0 Å². The fourth-order valence-corrected chi connectivity index (χ4v) is 3.22. The van der Waals surface area contributed by atoms with Crippen LogP contribution in [0.1, 0.15) is 26.6 Å². The fraction of sp³-hybridized carbons (Fsp3) is 0.227. The lowest BCUT2D eigenvalue weighted by Gasteiger charge is -2.12. The van der Waals surface area contributed by atoms with Crippen LogP contribution in [0.2, 0.25) is 0 Å². The SMILES string of the molecule is COC(=O)COc1ccc(NC(=O)c2cccc(OCc3csc(C)n3)c2)c(C)c1. The topological polar surface area (TPSA) is 86.8 Å². The summed E-state index contributed by atoms with van der Waals surface area (Å²) >= 11 is 1.57. The second kappa shape index (κ2) is 9.89. The molecule has 0 atom stereocenters. The minimum absolute atomic E-state index is 0.172. The molecule has 30 heavy (non-hydrogen) atoms. The molecule has 7 nitrogen and oxygen atoms in total. The Hall–Kier alpha value is -3.39. The molecule has 0 saturated carbocycles. The molecule has 0 aliphatic rings. The van der Waals surface area contributed by atoms with Crippen molar-refractivity contribution in [1.29, 1.82) is 0 Å². The number of nitrogens with one attached hydrogen (secondary N) is 1. The molecule has 0 aliphatic carbocycles. The van der Waals surface area contributed by atoms with Gasteiger partial charge < -0.3 is 19.5 Å². The number of esters is 1. The maximum Gasteiger partial charge on any atom is 0.343 e. The second-order valence-electron chi connectivity index (χ2n) is 6.47. The zero-order valence-corrected chi connectivity index (χ0v) is 17.7. The Balaban J connectivity index is 1.62. The van der Waals surface area contributed by atoms with Gasteiger partial charge in [-0.25, -0.2) is 9.78 Å². The van der Waals surface area contributed by atoms with Crippen LogP contribution in [0.4, 0.5) is 5.69 Å². The number of ether oxygens (including phenoxy) is 3. The van der Waals surface area contributed by atoms with E-state index in [0.29, 0.717) is 29.4 Å². The van der Waals surface area contributed by atoms with E-state index in [9.17, 15) is 9.59 Å². The van der Waals surface area contributed by atoms with E-state index in [0.717, 1.165) is 16.3 Å². The van der Waals surface area contributed by atoms with E-state index < -0.39 is 5.97 Å². The van der Waals surface area contributed by atoms with Gasteiger partial charge in [0, 0.05) is 16.6 Å². The number of amides is 1. The first-order valence-corrected chi connectivity index (χ1v) is 10.1. The number of methoxy groups -OCH3 is 1. The van der Waals surface area contributed by atoms with E-state index in [4.69, 9.17) is 9.47 Å². The van der Waals surface area contributed by atoms with Crippen LogP contribution in [-0.2, 0) is 16.1 Å². The number of carbonyl (C=O) groups excluding carboxylic acids is 2. The maximum absolute atomic E-state index is 12.7. The number of anilines is 1. The van der Waals surface area contributed by atoms with Gasteiger partial charge in [-0.05, 0) is 55.8 Å². The number of benzene rings is 2. The number of thiazole rings is 1. The summed E-state index contributed by atoms with van der Waals surface area (Å²) in [5, 5.41) is 5.82. The second-order valence-corrected chi connectivity index (χ2v) is 7.53. The van der Waals surface area contributed by atoms with Crippen molar-refractivity contribution in [3.05, 3.63) is 69.7 Å². The van der Waals surface area contributed by atoms with Gasteiger partial charge in [0.05, 0.1) is 17.8 Å². The lowest BCUT2D eigenvalue weighted by atomic mass is 10.1. The van der Waals surface area contributed by atoms with Crippen molar-refractivity contribution in [3.8, 4) is 11.5 Å². The smallest absolute Gasteiger partial charge is 0.343 e. The zero-order valence-electron chi connectivity index (χ0n) is 16.9. The highest BCUT2D eigenvalue weighted by Gasteiger charge is 2.11. The third kappa shape index (κ3) is 5.81. The van der Waals surface area contributed by atoms with E-state index in [1.54, 1.807) is 53.8 Å². The molecule has 1 N–H and O–H groups in total. The number of aryl methyl sites for hydroxylation is 2. The predicted octanol–water partition coefficient (Wildman–Crippen LogP) is 4.14. The molecule has 0 spiro atoms. The van der Waals surface area contributed by atoms with Crippen molar-refractivity contribution in [2.24, 2.45) is 0 Å². The Labute approximate surface area is 178 Å². The van der Waals surface area contributed by atoms with Crippen LogP contribution in [-0.4, -0.2) is 30.6 Å². The van der Waals surface area contributed by atoms with Crippen LogP contribution in [0.3, 0.4) is 0 Å². The van der Waals surface area contributed by atoms with Gasteiger partial charge in [-0.3, -0.25) is 4.79 Å². The molecular formula is C22H22N2O5S. The highest BCUT2D eigenvalue weighted by atomic mass is 32.1. The Bertz CT molecular complexity index is 1050. The molecule has 1 heterocycles. The first-order chi connectivity index (χ1) is 14.4. The van der Waals surface area contributed by atoms with Gasteiger partial charge in [0.15, 0.2) is 6.61 Å². The van der Waals surface area contributed by atoms with Gasteiger partial charge in [0.25, 0.3) is 5.91 Å². The number of hydrogen-bond acceptors (Lipinski definition) is 7. The molecule has 1 aromatic heterocycles. The number of nitrogens with zero attached hydrogens (tertiary/aromatic N) is 1. The monoisotopic (exact) mass is 426 g/mol. The van der Waals surface area contributed by atoms with E-state index in [-0.39, 0.29) is 12.5 Å². The quantitative estimate of drug-likeness (QED) is 0.545. The van der Waals surface area contributed by atoms with Gasteiger partial charge in [-0.2, -0.15) is 0 Å². The number of rotatable bonds is 8. The third-order valence-corrected chi connectivity index (χ3v) is 5.00. The van der Waals surface area contributed by atoms with Crippen molar-refractivity contribution in [1.82, 2.24) is 4.98 Å². The van der Waals surface area contributed by atoms with E-state index in [1.807, 2.05) is 19.2 Å². The van der Waals surface area contributed by atoms with Crippen molar-refractivity contribution in [2.45, 2.75) is 20.5 Å². The Morgan fingerprint density at radius 1 is 1.07 bits per heavy atom. The van der Waals surface area contributed by atoms with Gasteiger partial charge in [0.1, 0.15) is 18.1 Å². The number of hydrogen-bond donors (Lipinski definition) is 1. The summed E-state index contributed by atoms with van der Waals surface area (Å²) in [5.74, 6) is 0.397. The largest absolute Gasteiger partial charge is 0.487 e. The molecule has 3 rings (SSSR count). The first kappa shape index (κ1) is 21.3. The summed E-state index contributed by atoms with van der Waals surface area (Å²) in [6, 6.07) is 12.1. The Kier molecular flexibility index (Phi) is 7.03. The van der Waals surface area contributed by atoms with Gasteiger partial charge in [0.2, 0.25) is 0 Å². The van der Waals surface area contributed by atoms with Gasteiger partial charge >= 0.3 is 5.97 Å². The molecule has 2 aromatic carbocycles. The van der Waals surface area contributed by atoms with Crippen LogP contribution in [0.25, 0.3) is 0 Å². The minimum atomic E-state index is -0.461. The normalized spacial score (nSPS) is 10.4. The van der Waals surface area contributed by atoms with E-state index in [1.165, 1.54) is 7.11 Å². The zero-order chi connectivity index (χ0) is 21.5. The number of carbonyl (C=O) groups is 2. The molecule has 0 saturated heterocycles. The summed E-state index contributed by atoms with van der Waals surface area (Å²) in [5.41, 5.74) is 2.79. The molecule has 156 valence electrons. The first-order valence-electron chi connectivity index (χ1n) is 9.20. The Morgan fingerprint density at radius 3 is 2.57 bits per heavy atom. The van der Waals surface area contributed by atoms with Crippen molar-refractivity contribution < 1.29 is 23.8 Å². The lowest BCUT2D eigenvalue weighted by Crippen LogP contribution is -2.14. The molecule has 0 unspecified atom stereocenters. The highest BCUT2D eigenvalue weighted by molar-refractivity contribution is 7.09. The van der Waals surface area contributed by atoms with Crippen LogP contribution in [0, 0.1) is 13.8 Å². The van der Waals surface area contributed by atoms with Crippen LogP contribution >= 0.6 is 11.3 Å². The fourth-order valence-electron chi connectivity index (χ4n) is 2.62. The predicted molar refractivity (Wildman–Crippen MR) is 114 cm³/mol. The maximum atomic E-state index is 12.7. The average Bonchev–Trinajstić information content (AvgIpc) is 3.17. The highest BCUT2D eigenvalue weighted by Crippen LogP contribution is 2.23. The molecule has 0 radical (unpaired) electrons. The summed E-state index contributed by atoms with van der Waals surface area (Å²) in [6.07, 6.45) is 0. The molecule has 0 bridgehead atoms. The minimum Gasteiger partial charge on any atom is -0.487 e. The summed E-state index contributed by atoms with van der Waals surface area (Å²) in [4.78, 5) is 28.2. The van der Waals surface area contributed by atoms with Gasteiger partial charge in [-0.1, -0.05) is 6.07 Å². The molecule has 0 aliphatic heterocycles. The van der Waals surface area contributed by atoms with Crippen molar-refractivity contribution >= 4 is 28.9 Å². The molecule has 8 heteroatoms. The van der Waals surface area contributed by atoms with Crippen molar-refractivity contribution in [2.75, 3.05) is 19.0 Å². The third-order valence-electron chi connectivity index (χ3n) is 4.18. The summed E-state index contributed by atoms with van der Waals surface area (Å²) in [6.45, 7) is 3.96. The average molecular weight is 426 g/mol. The summed E-state index contributed by atoms with van der Waals surface area (Å²) in [7, 11) is 1.30. The summed E-state index contributed by atoms with van der Waals surface area (Å²) < 4.78 is 15.7. The molecular weight excluding hydrogens is 404 g/mol. The molecule has 0 fully saturated rings.